The average Bonchev–Trinajstić information content (AvgIpc) is 3.07. The third-order valence-corrected chi connectivity index (χ3v) is 3.30. The highest BCUT2D eigenvalue weighted by atomic mass is 16.5. The summed E-state index contributed by atoms with van der Waals surface area (Å²) in [7, 11) is 1.54. The highest BCUT2D eigenvalue weighted by Gasteiger charge is 2.12. The molecule has 8 heteroatoms. The van der Waals surface area contributed by atoms with Gasteiger partial charge >= 0.3 is 12.0 Å². The van der Waals surface area contributed by atoms with E-state index >= 15 is 0 Å². The van der Waals surface area contributed by atoms with Gasteiger partial charge in [0.15, 0.2) is 0 Å². The number of carboxylic acids is 1. The molecule has 128 valence electrons. The van der Waals surface area contributed by atoms with Crippen molar-refractivity contribution in [3.05, 3.63) is 43.0 Å². The molecule has 2 amide bonds. The van der Waals surface area contributed by atoms with Gasteiger partial charge in [0.1, 0.15) is 12.4 Å². The van der Waals surface area contributed by atoms with E-state index in [0.717, 1.165) is 0 Å². The third-order valence-electron chi connectivity index (χ3n) is 3.30. The van der Waals surface area contributed by atoms with Crippen LogP contribution in [0.3, 0.4) is 0 Å². The number of aliphatic carboxylic acids is 1. The second-order valence-electron chi connectivity index (χ2n) is 5.14. The number of hydrogen-bond acceptors (Lipinski definition) is 4. The van der Waals surface area contributed by atoms with Crippen molar-refractivity contribution in [2.45, 2.75) is 13.0 Å². The minimum Gasteiger partial charge on any atom is -0.490 e. The first kappa shape index (κ1) is 17.3. The maximum atomic E-state index is 12.1. The number of anilines is 1. The van der Waals surface area contributed by atoms with Gasteiger partial charge in [-0.25, -0.2) is 9.78 Å². The largest absolute Gasteiger partial charge is 0.490 e. The predicted molar refractivity (Wildman–Crippen MR) is 88.1 cm³/mol. The Kier molecular flexibility index (Phi) is 6.18. The summed E-state index contributed by atoms with van der Waals surface area (Å²) in [6, 6.07) is 6.71. The fourth-order valence-electron chi connectivity index (χ4n) is 1.95. The molecule has 0 atom stereocenters. The average molecular weight is 332 g/mol. The number of rotatable bonds is 8. The van der Waals surface area contributed by atoms with Crippen molar-refractivity contribution < 1.29 is 19.4 Å². The predicted octanol–water partition coefficient (Wildman–Crippen LogP) is 1.90. The minimum atomic E-state index is -0.946. The van der Waals surface area contributed by atoms with E-state index in [-0.39, 0.29) is 19.0 Å². The van der Waals surface area contributed by atoms with Crippen molar-refractivity contribution >= 4 is 17.7 Å². The smallest absolute Gasteiger partial charge is 0.321 e. The third kappa shape index (κ3) is 5.31. The number of carbonyl (C=O) groups is 2. The van der Waals surface area contributed by atoms with Crippen LogP contribution < -0.4 is 10.1 Å². The number of imidazole rings is 1. The number of para-hydroxylation sites is 2. The molecule has 0 spiro atoms. The van der Waals surface area contributed by atoms with Crippen LogP contribution in [-0.2, 0) is 11.3 Å². The second kappa shape index (κ2) is 8.56. The molecule has 1 aromatic carbocycles. The van der Waals surface area contributed by atoms with E-state index in [0.29, 0.717) is 24.6 Å². The first-order chi connectivity index (χ1) is 11.6. The van der Waals surface area contributed by atoms with Gasteiger partial charge in [-0.1, -0.05) is 12.1 Å². The van der Waals surface area contributed by atoms with Crippen molar-refractivity contribution in [2.75, 3.05) is 25.5 Å². The molecule has 0 aliphatic rings. The first-order valence-electron chi connectivity index (χ1n) is 7.47. The Balaban J connectivity index is 1.90. The molecule has 1 aromatic heterocycles. The van der Waals surface area contributed by atoms with Crippen LogP contribution in [0.1, 0.15) is 6.42 Å². The number of aromatic nitrogens is 2. The standard InChI is InChI=1S/C16H20N4O4/c1-19(8-6-15(21)22)16(23)18-13-4-2-3-5-14(13)24-11-10-20-9-7-17-12-20/h2-5,7,9,12H,6,8,10-11H2,1H3,(H,18,23)(H,21,22). The molecular formula is C16H20N4O4. The molecule has 0 radical (unpaired) electrons. The van der Waals surface area contributed by atoms with Gasteiger partial charge in [-0.3, -0.25) is 4.79 Å². The van der Waals surface area contributed by atoms with Gasteiger partial charge in [0.05, 0.1) is 25.0 Å². The monoisotopic (exact) mass is 332 g/mol. The van der Waals surface area contributed by atoms with E-state index < -0.39 is 5.97 Å². The van der Waals surface area contributed by atoms with E-state index in [1.165, 1.54) is 4.90 Å². The zero-order chi connectivity index (χ0) is 17.4. The number of carbonyl (C=O) groups excluding carboxylic acids is 1. The first-order valence-corrected chi connectivity index (χ1v) is 7.47. The molecular weight excluding hydrogens is 312 g/mol. The van der Waals surface area contributed by atoms with Crippen LogP contribution in [0.2, 0.25) is 0 Å². The molecule has 0 aliphatic heterocycles. The van der Waals surface area contributed by atoms with Gasteiger partial charge < -0.3 is 24.6 Å². The van der Waals surface area contributed by atoms with Crippen LogP contribution >= 0.6 is 0 Å². The van der Waals surface area contributed by atoms with Gasteiger partial charge in [-0.05, 0) is 12.1 Å². The molecule has 0 bridgehead atoms. The zero-order valence-electron chi connectivity index (χ0n) is 13.4. The van der Waals surface area contributed by atoms with E-state index in [1.54, 1.807) is 37.8 Å². The molecule has 8 nitrogen and oxygen atoms in total. The fraction of sp³-hybridized carbons (Fsp3) is 0.312. The Morgan fingerprint density at radius 2 is 2.17 bits per heavy atom. The Bertz CT molecular complexity index is 672. The van der Waals surface area contributed by atoms with Gasteiger partial charge in [-0.2, -0.15) is 0 Å². The molecule has 2 N–H and O–H groups in total. The lowest BCUT2D eigenvalue weighted by molar-refractivity contribution is -0.137. The quantitative estimate of drug-likeness (QED) is 0.769. The van der Waals surface area contributed by atoms with Crippen molar-refractivity contribution in [2.24, 2.45) is 0 Å². The molecule has 0 saturated carbocycles. The maximum Gasteiger partial charge on any atom is 0.321 e. The molecule has 0 aliphatic carbocycles. The number of carboxylic acid groups (broad SMARTS) is 1. The Morgan fingerprint density at radius 1 is 1.38 bits per heavy atom. The summed E-state index contributed by atoms with van der Waals surface area (Å²) in [6.07, 6.45) is 5.14. The van der Waals surface area contributed by atoms with Crippen LogP contribution in [0, 0.1) is 0 Å². The van der Waals surface area contributed by atoms with Crippen LogP contribution in [0.15, 0.2) is 43.0 Å². The number of amides is 2. The van der Waals surface area contributed by atoms with Crippen molar-refractivity contribution in [1.82, 2.24) is 14.5 Å². The van der Waals surface area contributed by atoms with Crippen molar-refractivity contribution in [3.63, 3.8) is 0 Å². The van der Waals surface area contributed by atoms with E-state index in [2.05, 4.69) is 10.3 Å². The van der Waals surface area contributed by atoms with Crippen LogP contribution in [0.4, 0.5) is 10.5 Å². The van der Waals surface area contributed by atoms with E-state index in [1.807, 2.05) is 16.8 Å². The summed E-state index contributed by atoms with van der Waals surface area (Å²) in [6.45, 7) is 1.20. The second-order valence-corrected chi connectivity index (χ2v) is 5.14. The zero-order valence-corrected chi connectivity index (χ0v) is 13.4. The summed E-state index contributed by atoms with van der Waals surface area (Å²) in [5.74, 6) is -0.393. The summed E-state index contributed by atoms with van der Waals surface area (Å²) < 4.78 is 7.60. The summed E-state index contributed by atoms with van der Waals surface area (Å²) in [5.41, 5.74) is 0.537. The molecule has 0 unspecified atom stereocenters. The number of nitrogens with one attached hydrogen (secondary N) is 1. The fourth-order valence-corrected chi connectivity index (χ4v) is 1.95. The molecule has 0 saturated heterocycles. The molecule has 1 heterocycles. The molecule has 24 heavy (non-hydrogen) atoms. The van der Waals surface area contributed by atoms with E-state index in [4.69, 9.17) is 9.84 Å². The maximum absolute atomic E-state index is 12.1. The highest BCUT2D eigenvalue weighted by molar-refractivity contribution is 5.91. The van der Waals surface area contributed by atoms with Gasteiger partial charge in [0.2, 0.25) is 0 Å². The number of nitrogens with zero attached hydrogens (tertiary/aromatic N) is 3. The Morgan fingerprint density at radius 3 is 2.88 bits per heavy atom. The lowest BCUT2D eigenvalue weighted by atomic mass is 10.3. The lowest BCUT2D eigenvalue weighted by Gasteiger charge is -2.18. The Hall–Kier alpha value is -3.03. The van der Waals surface area contributed by atoms with Gasteiger partial charge in [-0.15, -0.1) is 0 Å². The van der Waals surface area contributed by atoms with Crippen LogP contribution in [0.25, 0.3) is 0 Å². The number of benzene rings is 1. The SMILES string of the molecule is CN(CCC(=O)O)C(=O)Nc1ccccc1OCCn1ccnc1. The summed E-state index contributed by atoms with van der Waals surface area (Å²) in [5, 5.41) is 11.4. The summed E-state index contributed by atoms with van der Waals surface area (Å²) >= 11 is 0. The van der Waals surface area contributed by atoms with Crippen molar-refractivity contribution in [3.8, 4) is 5.75 Å². The number of ether oxygens (including phenoxy) is 1. The molecule has 2 rings (SSSR count). The number of urea groups is 1. The summed E-state index contributed by atoms with van der Waals surface area (Å²) in [4.78, 5) is 27.9. The van der Waals surface area contributed by atoms with Crippen LogP contribution in [0.5, 0.6) is 5.75 Å². The minimum absolute atomic E-state index is 0.104. The Labute approximate surface area is 139 Å². The van der Waals surface area contributed by atoms with E-state index in [9.17, 15) is 9.59 Å². The number of hydrogen-bond donors (Lipinski definition) is 2. The topological polar surface area (TPSA) is 96.7 Å². The van der Waals surface area contributed by atoms with Gasteiger partial charge in [0.25, 0.3) is 0 Å². The lowest BCUT2D eigenvalue weighted by Crippen LogP contribution is -2.33. The van der Waals surface area contributed by atoms with Crippen LogP contribution in [-0.4, -0.2) is 51.8 Å². The normalized spacial score (nSPS) is 10.2. The van der Waals surface area contributed by atoms with Gasteiger partial charge in [0, 0.05) is 26.0 Å². The molecule has 0 fully saturated rings. The molecule has 2 aromatic rings. The highest BCUT2D eigenvalue weighted by Crippen LogP contribution is 2.24. The van der Waals surface area contributed by atoms with Crippen molar-refractivity contribution in [1.29, 1.82) is 0 Å².